The van der Waals surface area contributed by atoms with Crippen molar-refractivity contribution < 1.29 is 4.74 Å². The highest BCUT2D eigenvalue weighted by Crippen LogP contribution is 2.34. The van der Waals surface area contributed by atoms with Crippen molar-refractivity contribution in [1.82, 2.24) is 0 Å². The number of unbranched alkanes of at least 4 members (excludes halogenated alkanes) is 3. The summed E-state index contributed by atoms with van der Waals surface area (Å²) in [5.74, 6) is 0. The van der Waals surface area contributed by atoms with Crippen LogP contribution in [0.3, 0.4) is 0 Å². The van der Waals surface area contributed by atoms with E-state index in [1.54, 1.807) is 0 Å². The Kier molecular flexibility index (Phi) is 7.77. The van der Waals surface area contributed by atoms with Crippen LogP contribution in [0.4, 0.5) is 0 Å². The molecule has 0 aromatic heterocycles. The predicted octanol–water partition coefficient (Wildman–Crippen LogP) is 5.46. The van der Waals surface area contributed by atoms with Crippen LogP contribution in [0.15, 0.2) is 0 Å². The Balaban J connectivity index is 2.24. The fraction of sp³-hybridized carbons (Fsp3) is 1.00. The minimum absolute atomic E-state index is 0.155. The average Bonchev–Trinajstić information content (AvgIpc) is 2.36. The summed E-state index contributed by atoms with van der Waals surface area (Å²) in [6.07, 6.45) is 13.6. The van der Waals surface area contributed by atoms with Crippen molar-refractivity contribution in [2.75, 3.05) is 5.33 Å². The Morgan fingerprint density at radius 3 is 2.41 bits per heavy atom. The summed E-state index contributed by atoms with van der Waals surface area (Å²) in [4.78, 5) is 0. The first-order valence-corrected chi connectivity index (χ1v) is 8.58. The van der Waals surface area contributed by atoms with E-state index in [1.807, 2.05) is 0 Å². The van der Waals surface area contributed by atoms with E-state index >= 15 is 0 Å². The molecule has 1 atom stereocenters. The second kappa shape index (κ2) is 8.53. The van der Waals surface area contributed by atoms with Gasteiger partial charge in [-0.2, -0.15) is 0 Å². The predicted molar refractivity (Wildman–Crippen MR) is 78.9 cm³/mol. The van der Waals surface area contributed by atoms with E-state index in [4.69, 9.17) is 4.74 Å². The van der Waals surface area contributed by atoms with E-state index < -0.39 is 0 Å². The molecule has 0 aromatic rings. The molecular weight excluding hydrogens is 276 g/mol. The van der Waals surface area contributed by atoms with Crippen LogP contribution in [-0.2, 0) is 4.74 Å². The Hall–Kier alpha value is 0.440. The molecule has 0 heterocycles. The molecule has 17 heavy (non-hydrogen) atoms. The third kappa shape index (κ3) is 5.74. The zero-order valence-electron chi connectivity index (χ0n) is 11.6. The molecule has 0 aliphatic heterocycles. The third-order valence-corrected chi connectivity index (χ3v) is 4.95. The number of hydrogen-bond donors (Lipinski definition) is 0. The lowest BCUT2D eigenvalue weighted by molar-refractivity contribution is -0.0939. The maximum Gasteiger partial charge on any atom is 0.0782 e. The van der Waals surface area contributed by atoms with Gasteiger partial charge in [-0.3, -0.25) is 0 Å². The number of alkyl halides is 1. The maximum absolute atomic E-state index is 6.36. The average molecular weight is 305 g/mol. The van der Waals surface area contributed by atoms with E-state index in [-0.39, 0.29) is 5.60 Å². The minimum atomic E-state index is 0.155. The Labute approximate surface area is 116 Å². The molecule has 102 valence electrons. The van der Waals surface area contributed by atoms with Crippen LogP contribution in [0.1, 0.15) is 78.1 Å². The lowest BCUT2D eigenvalue weighted by atomic mass is 9.86. The van der Waals surface area contributed by atoms with Crippen LogP contribution in [0.2, 0.25) is 0 Å². The van der Waals surface area contributed by atoms with Crippen molar-refractivity contribution in [1.29, 1.82) is 0 Å². The van der Waals surface area contributed by atoms with Gasteiger partial charge in [-0.25, -0.2) is 0 Å². The number of ether oxygens (including phenoxy) is 1. The van der Waals surface area contributed by atoms with E-state index in [0.717, 1.165) is 5.33 Å². The van der Waals surface area contributed by atoms with Crippen LogP contribution in [0.25, 0.3) is 0 Å². The third-order valence-electron chi connectivity index (χ3n) is 3.92. The van der Waals surface area contributed by atoms with Crippen molar-refractivity contribution in [3.05, 3.63) is 0 Å². The Bertz CT molecular complexity index is 187. The first kappa shape index (κ1) is 15.5. The molecule has 1 unspecified atom stereocenters. The van der Waals surface area contributed by atoms with Gasteiger partial charge >= 0.3 is 0 Å². The van der Waals surface area contributed by atoms with Gasteiger partial charge in [0.15, 0.2) is 0 Å². The van der Waals surface area contributed by atoms with E-state index in [9.17, 15) is 0 Å². The highest BCUT2D eigenvalue weighted by Gasteiger charge is 2.33. The van der Waals surface area contributed by atoms with E-state index in [2.05, 4.69) is 29.8 Å². The molecule has 0 spiro atoms. The number of hydrogen-bond acceptors (Lipinski definition) is 1. The standard InChI is InChI=1S/C15H29BrO/c1-3-4-5-7-10-14(2)17-15(13-16)11-8-6-9-12-15/h14H,3-13H2,1-2H3. The summed E-state index contributed by atoms with van der Waals surface area (Å²) in [6, 6.07) is 0. The van der Waals surface area contributed by atoms with Crippen LogP contribution < -0.4 is 0 Å². The van der Waals surface area contributed by atoms with E-state index in [1.165, 1.54) is 64.2 Å². The van der Waals surface area contributed by atoms with Crippen molar-refractivity contribution in [3.8, 4) is 0 Å². The summed E-state index contributed by atoms with van der Waals surface area (Å²) in [5, 5.41) is 1.01. The first-order valence-electron chi connectivity index (χ1n) is 7.46. The van der Waals surface area contributed by atoms with Crippen LogP contribution in [-0.4, -0.2) is 17.0 Å². The Morgan fingerprint density at radius 2 is 1.82 bits per heavy atom. The fourth-order valence-electron chi connectivity index (χ4n) is 2.82. The molecule has 0 aromatic carbocycles. The molecular formula is C15H29BrO. The van der Waals surface area contributed by atoms with Crippen molar-refractivity contribution in [3.63, 3.8) is 0 Å². The number of halogens is 1. The summed E-state index contributed by atoms with van der Waals surface area (Å²) in [6.45, 7) is 4.52. The van der Waals surface area contributed by atoms with Gasteiger partial charge in [0.2, 0.25) is 0 Å². The largest absolute Gasteiger partial charge is 0.371 e. The first-order chi connectivity index (χ1) is 8.22. The van der Waals surface area contributed by atoms with Gasteiger partial charge in [0.25, 0.3) is 0 Å². The fourth-order valence-corrected chi connectivity index (χ4v) is 3.52. The second-order valence-corrected chi connectivity index (χ2v) is 6.22. The summed E-state index contributed by atoms with van der Waals surface area (Å²) >= 11 is 3.66. The molecule has 1 aliphatic rings. The number of rotatable bonds is 8. The topological polar surface area (TPSA) is 9.23 Å². The molecule has 1 aliphatic carbocycles. The zero-order chi connectivity index (χ0) is 12.6. The van der Waals surface area contributed by atoms with Crippen molar-refractivity contribution in [2.45, 2.75) is 89.8 Å². The summed E-state index contributed by atoms with van der Waals surface area (Å²) in [7, 11) is 0. The van der Waals surface area contributed by atoms with Gasteiger partial charge in [0, 0.05) is 5.33 Å². The van der Waals surface area contributed by atoms with E-state index in [0.29, 0.717) is 6.10 Å². The van der Waals surface area contributed by atoms with Crippen LogP contribution >= 0.6 is 15.9 Å². The lowest BCUT2D eigenvalue weighted by Crippen LogP contribution is -2.39. The molecule has 2 heteroatoms. The smallest absolute Gasteiger partial charge is 0.0782 e. The second-order valence-electron chi connectivity index (χ2n) is 5.66. The van der Waals surface area contributed by atoms with Crippen molar-refractivity contribution >= 4 is 15.9 Å². The molecule has 1 rings (SSSR count). The quantitative estimate of drug-likeness (QED) is 0.427. The van der Waals surface area contributed by atoms with Crippen molar-refractivity contribution in [2.24, 2.45) is 0 Å². The van der Waals surface area contributed by atoms with Gasteiger partial charge < -0.3 is 4.74 Å². The van der Waals surface area contributed by atoms with Crippen LogP contribution in [0, 0.1) is 0 Å². The van der Waals surface area contributed by atoms with Gasteiger partial charge in [-0.05, 0) is 26.2 Å². The maximum atomic E-state index is 6.36. The SMILES string of the molecule is CCCCCCC(C)OC1(CBr)CCCCC1. The highest BCUT2D eigenvalue weighted by atomic mass is 79.9. The summed E-state index contributed by atoms with van der Waals surface area (Å²) < 4.78 is 6.36. The molecule has 0 saturated heterocycles. The summed E-state index contributed by atoms with van der Waals surface area (Å²) in [5.41, 5.74) is 0.155. The van der Waals surface area contributed by atoms with Gasteiger partial charge in [0.05, 0.1) is 11.7 Å². The normalized spacial score (nSPS) is 21.4. The molecule has 1 saturated carbocycles. The molecule has 0 radical (unpaired) electrons. The molecule has 0 bridgehead atoms. The molecule has 1 nitrogen and oxygen atoms in total. The lowest BCUT2D eigenvalue weighted by Gasteiger charge is -2.38. The molecule has 1 fully saturated rings. The van der Waals surface area contributed by atoms with Gasteiger partial charge in [0.1, 0.15) is 0 Å². The minimum Gasteiger partial charge on any atom is -0.371 e. The van der Waals surface area contributed by atoms with Crippen LogP contribution in [0.5, 0.6) is 0 Å². The molecule has 0 amide bonds. The van der Waals surface area contributed by atoms with Gasteiger partial charge in [-0.15, -0.1) is 0 Å². The Morgan fingerprint density at radius 1 is 1.12 bits per heavy atom. The highest BCUT2D eigenvalue weighted by molar-refractivity contribution is 9.09. The van der Waals surface area contributed by atoms with Gasteiger partial charge in [-0.1, -0.05) is 67.8 Å². The molecule has 0 N–H and O–H groups in total. The zero-order valence-corrected chi connectivity index (χ0v) is 13.2. The monoisotopic (exact) mass is 304 g/mol.